The van der Waals surface area contributed by atoms with Crippen LogP contribution < -0.4 is 4.74 Å². The van der Waals surface area contributed by atoms with E-state index in [0.717, 1.165) is 25.0 Å². The van der Waals surface area contributed by atoms with E-state index >= 15 is 0 Å². The summed E-state index contributed by atoms with van der Waals surface area (Å²) in [6, 6.07) is 17.5. The Morgan fingerprint density at radius 1 is 0.750 bits per heavy atom. The lowest BCUT2D eigenvalue weighted by atomic mass is 9.79. The molecule has 0 atom stereocenters. The molecule has 2 aromatic rings. The van der Waals surface area contributed by atoms with Crippen LogP contribution in [0.15, 0.2) is 48.5 Å². The minimum absolute atomic E-state index is 0.231. The van der Waals surface area contributed by atoms with Gasteiger partial charge in [-0.2, -0.15) is 0 Å². The lowest BCUT2D eigenvalue weighted by Crippen LogP contribution is -2.19. The third-order valence-electron chi connectivity index (χ3n) is 4.27. The molecule has 0 saturated carbocycles. The second-order valence-electron chi connectivity index (χ2n) is 8.89. The van der Waals surface area contributed by atoms with E-state index in [1.165, 1.54) is 16.7 Å². The van der Waals surface area contributed by atoms with Gasteiger partial charge in [0.1, 0.15) is 5.75 Å². The van der Waals surface area contributed by atoms with Crippen molar-refractivity contribution in [2.75, 3.05) is 7.11 Å². The Morgan fingerprint density at radius 3 is 1.96 bits per heavy atom. The molecule has 130 valence electrons. The van der Waals surface area contributed by atoms with Crippen molar-refractivity contribution in [1.82, 2.24) is 0 Å². The molecule has 0 N–H and O–H groups in total. The summed E-state index contributed by atoms with van der Waals surface area (Å²) in [6.07, 6.45) is 3.20. The van der Waals surface area contributed by atoms with Crippen LogP contribution in [0.3, 0.4) is 0 Å². The average molecular weight is 325 g/mol. The zero-order valence-corrected chi connectivity index (χ0v) is 16.1. The normalized spacial score (nSPS) is 12.2. The first-order valence-corrected chi connectivity index (χ1v) is 8.88. The highest BCUT2D eigenvalue weighted by Crippen LogP contribution is 2.32. The summed E-state index contributed by atoms with van der Waals surface area (Å²) >= 11 is 0. The molecule has 1 nitrogen and oxygen atoms in total. The van der Waals surface area contributed by atoms with Gasteiger partial charge in [-0.1, -0.05) is 77.1 Å². The maximum absolute atomic E-state index is 5.57. The summed E-state index contributed by atoms with van der Waals surface area (Å²) in [5.41, 5.74) is 4.61. The molecule has 0 aliphatic carbocycles. The summed E-state index contributed by atoms with van der Waals surface area (Å²) in [6.45, 7) is 11.5. The molecule has 0 amide bonds. The first-order chi connectivity index (χ1) is 11.2. The van der Waals surface area contributed by atoms with Gasteiger partial charge in [0.25, 0.3) is 0 Å². The molecule has 0 radical (unpaired) electrons. The molecule has 24 heavy (non-hydrogen) atoms. The number of hydrogen-bond donors (Lipinski definition) is 0. The molecule has 0 heterocycles. The van der Waals surface area contributed by atoms with Crippen molar-refractivity contribution in [3.05, 3.63) is 65.2 Å². The number of rotatable bonds is 6. The third-order valence-corrected chi connectivity index (χ3v) is 4.27. The number of methoxy groups -OCH3 is 1. The molecule has 2 rings (SSSR count). The smallest absolute Gasteiger partial charge is 0.122 e. The highest BCUT2D eigenvalue weighted by atomic mass is 16.5. The Labute approximate surface area is 148 Å². The topological polar surface area (TPSA) is 9.23 Å². The molecule has 0 spiro atoms. The largest absolute Gasteiger partial charge is 0.496 e. The Bertz CT molecular complexity index is 647. The van der Waals surface area contributed by atoms with Gasteiger partial charge in [-0.3, -0.25) is 0 Å². The van der Waals surface area contributed by atoms with Gasteiger partial charge in [0.2, 0.25) is 0 Å². The molecule has 1 heteroatoms. The van der Waals surface area contributed by atoms with Crippen molar-refractivity contribution in [3.63, 3.8) is 0 Å². The zero-order chi connectivity index (χ0) is 17.8. The number of benzene rings is 2. The van der Waals surface area contributed by atoms with Gasteiger partial charge in [0, 0.05) is 0 Å². The van der Waals surface area contributed by atoms with Crippen LogP contribution in [0.4, 0.5) is 0 Å². The van der Waals surface area contributed by atoms with E-state index in [1.54, 1.807) is 7.11 Å². The Balaban J connectivity index is 2.18. The minimum atomic E-state index is 0.231. The summed E-state index contributed by atoms with van der Waals surface area (Å²) in [5.74, 6) is 1.01. The summed E-state index contributed by atoms with van der Waals surface area (Å²) in [4.78, 5) is 0. The van der Waals surface area contributed by atoms with E-state index in [1.807, 2.05) is 0 Å². The quantitative estimate of drug-likeness (QED) is 0.624. The van der Waals surface area contributed by atoms with E-state index in [0.29, 0.717) is 0 Å². The minimum Gasteiger partial charge on any atom is -0.496 e. The van der Waals surface area contributed by atoms with Crippen molar-refractivity contribution < 1.29 is 4.74 Å². The van der Waals surface area contributed by atoms with E-state index in [2.05, 4.69) is 83.1 Å². The van der Waals surface area contributed by atoms with Gasteiger partial charge in [-0.15, -0.1) is 0 Å². The molecular formula is C23H32O. The van der Waals surface area contributed by atoms with Crippen LogP contribution in [0.5, 0.6) is 5.75 Å². The first-order valence-electron chi connectivity index (χ1n) is 8.88. The van der Waals surface area contributed by atoms with Gasteiger partial charge >= 0.3 is 0 Å². The molecule has 0 aliphatic heterocycles. The third kappa shape index (κ3) is 5.70. The highest BCUT2D eigenvalue weighted by molar-refractivity contribution is 5.38. The summed E-state index contributed by atoms with van der Waals surface area (Å²) in [7, 11) is 1.76. The fourth-order valence-corrected chi connectivity index (χ4v) is 3.41. The van der Waals surface area contributed by atoms with Crippen LogP contribution in [0.2, 0.25) is 0 Å². The molecular weight excluding hydrogens is 292 g/mol. The van der Waals surface area contributed by atoms with Crippen molar-refractivity contribution >= 4 is 0 Å². The van der Waals surface area contributed by atoms with Crippen molar-refractivity contribution in [3.8, 4) is 5.75 Å². The second kappa shape index (κ2) is 7.42. The lowest BCUT2D eigenvalue weighted by Gasteiger charge is -2.26. The Hall–Kier alpha value is -1.76. The van der Waals surface area contributed by atoms with Gasteiger partial charge in [0.05, 0.1) is 7.11 Å². The number of ether oxygens (including phenoxy) is 1. The van der Waals surface area contributed by atoms with E-state index in [-0.39, 0.29) is 10.8 Å². The van der Waals surface area contributed by atoms with E-state index in [4.69, 9.17) is 4.74 Å². The molecule has 0 aromatic heterocycles. The maximum atomic E-state index is 5.57. The fraction of sp³-hybridized carbons (Fsp3) is 0.478. The molecule has 0 saturated heterocycles. The highest BCUT2D eigenvalue weighted by Gasteiger charge is 2.21. The Morgan fingerprint density at radius 2 is 1.38 bits per heavy atom. The SMILES string of the molecule is COc1ccc(CC(C)(C)Cc2ccccc2)cc1CC(C)(C)C. The number of hydrogen-bond acceptors (Lipinski definition) is 1. The van der Waals surface area contributed by atoms with Crippen LogP contribution in [0.1, 0.15) is 51.3 Å². The van der Waals surface area contributed by atoms with Gasteiger partial charge < -0.3 is 4.74 Å². The zero-order valence-electron chi connectivity index (χ0n) is 16.1. The van der Waals surface area contributed by atoms with Crippen molar-refractivity contribution in [2.24, 2.45) is 10.8 Å². The van der Waals surface area contributed by atoms with Crippen molar-refractivity contribution in [2.45, 2.75) is 53.9 Å². The van der Waals surface area contributed by atoms with E-state index in [9.17, 15) is 0 Å². The van der Waals surface area contributed by atoms with Gasteiger partial charge in [0.15, 0.2) is 0 Å². The standard InChI is InChI=1S/C23H32O/c1-22(2,3)17-20-14-19(12-13-21(20)24-6)16-23(4,5)15-18-10-8-7-9-11-18/h7-14H,15-17H2,1-6H3. The summed E-state index contributed by atoms with van der Waals surface area (Å²) in [5, 5.41) is 0. The van der Waals surface area contributed by atoms with Crippen LogP contribution in [-0.4, -0.2) is 7.11 Å². The molecule has 2 aromatic carbocycles. The molecule has 0 bridgehead atoms. The van der Waals surface area contributed by atoms with E-state index < -0.39 is 0 Å². The Kier molecular flexibility index (Phi) is 5.74. The first kappa shape index (κ1) is 18.6. The van der Waals surface area contributed by atoms with Crippen LogP contribution in [-0.2, 0) is 19.3 Å². The maximum Gasteiger partial charge on any atom is 0.122 e. The monoisotopic (exact) mass is 324 g/mol. The second-order valence-corrected chi connectivity index (χ2v) is 8.89. The average Bonchev–Trinajstić information content (AvgIpc) is 2.46. The fourth-order valence-electron chi connectivity index (χ4n) is 3.41. The predicted molar refractivity (Wildman–Crippen MR) is 104 cm³/mol. The van der Waals surface area contributed by atoms with Gasteiger partial charge in [-0.25, -0.2) is 0 Å². The molecule has 0 aliphatic rings. The van der Waals surface area contributed by atoms with Crippen LogP contribution >= 0.6 is 0 Å². The van der Waals surface area contributed by atoms with Crippen LogP contribution in [0.25, 0.3) is 0 Å². The van der Waals surface area contributed by atoms with Gasteiger partial charge in [-0.05, 0) is 52.8 Å². The molecule has 0 fully saturated rings. The molecule has 0 unspecified atom stereocenters. The van der Waals surface area contributed by atoms with Crippen LogP contribution in [0, 0.1) is 10.8 Å². The summed E-state index contributed by atoms with van der Waals surface area (Å²) < 4.78 is 5.57. The van der Waals surface area contributed by atoms with Crippen molar-refractivity contribution in [1.29, 1.82) is 0 Å². The predicted octanol–water partition coefficient (Wildman–Crippen LogP) is 6.10. The lowest BCUT2D eigenvalue weighted by molar-refractivity contribution is 0.358.